The summed E-state index contributed by atoms with van der Waals surface area (Å²) in [5.74, 6) is -0.588. The van der Waals surface area contributed by atoms with Gasteiger partial charge in [0, 0.05) is 45.4 Å². The molecule has 0 aliphatic carbocycles. The Morgan fingerprint density at radius 3 is 2.21 bits per heavy atom. The van der Waals surface area contributed by atoms with Crippen molar-refractivity contribution in [3.8, 4) is 0 Å². The molecule has 0 saturated heterocycles. The monoisotopic (exact) mass is 404 g/mol. The van der Waals surface area contributed by atoms with E-state index in [4.69, 9.17) is 16.8 Å². The Balaban J connectivity index is 1.57. The lowest BCUT2D eigenvalue weighted by Gasteiger charge is -2.08. The fourth-order valence-electron chi connectivity index (χ4n) is 3.27. The molecule has 0 spiro atoms. The molecule has 144 valence electrons. The van der Waals surface area contributed by atoms with Crippen LogP contribution in [0.5, 0.6) is 0 Å². The molecule has 1 amide bonds. The van der Waals surface area contributed by atoms with Gasteiger partial charge in [-0.25, -0.2) is 5.48 Å². The van der Waals surface area contributed by atoms with Crippen molar-refractivity contribution in [3.63, 3.8) is 0 Å². The first-order chi connectivity index (χ1) is 14.0. The van der Waals surface area contributed by atoms with Gasteiger partial charge in [-0.3, -0.25) is 14.8 Å². The number of amides is 1. The molecular weight excluding hydrogens is 388 g/mol. The molecule has 3 aromatic carbocycles. The van der Waals surface area contributed by atoms with Crippen LogP contribution in [-0.2, 0) is 6.54 Å². The third-order valence-electron chi connectivity index (χ3n) is 4.81. The number of fused-ring (bicyclic) bond motifs is 1. The molecule has 4 rings (SSSR count). The molecule has 29 heavy (non-hydrogen) atoms. The summed E-state index contributed by atoms with van der Waals surface area (Å²) in [7, 11) is 0. The number of halogens is 1. The van der Waals surface area contributed by atoms with Gasteiger partial charge in [-0.05, 0) is 66.2 Å². The zero-order valence-electron chi connectivity index (χ0n) is 15.3. The Bertz CT molecular complexity index is 1200. The van der Waals surface area contributed by atoms with Gasteiger partial charge in [-0.1, -0.05) is 23.7 Å². The van der Waals surface area contributed by atoms with Gasteiger partial charge >= 0.3 is 0 Å². The number of nitrogens with one attached hydrogen (secondary N) is 1. The quantitative estimate of drug-likeness (QED) is 0.288. The van der Waals surface area contributed by atoms with Crippen molar-refractivity contribution in [3.05, 3.63) is 106 Å². The van der Waals surface area contributed by atoms with Crippen molar-refractivity contribution >= 4 is 34.2 Å². The molecule has 0 saturated carbocycles. The number of aromatic nitrogens is 1. The maximum Gasteiger partial charge on any atom is 0.274 e. The Morgan fingerprint density at radius 1 is 0.862 bits per heavy atom. The molecule has 0 radical (unpaired) electrons. The fourth-order valence-corrected chi connectivity index (χ4v) is 3.40. The molecule has 5 nitrogen and oxygen atoms in total. The number of ketones is 1. The van der Waals surface area contributed by atoms with Crippen LogP contribution in [0.3, 0.4) is 0 Å². The van der Waals surface area contributed by atoms with E-state index in [1.165, 1.54) is 0 Å². The summed E-state index contributed by atoms with van der Waals surface area (Å²) in [5, 5.41) is 10.3. The van der Waals surface area contributed by atoms with Gasteiger partial charge in [0.1, 0.15) is 0 Å². The molecular formula is C23H17ClN2O3. The Labute approximate surface area is 172 Å². The maximum atomic E-state index is 12.7. The van der Waals surface area contributed by atoms with Gasteiger partial charge in [-0.2, -0.15) is 0 Å². The van der Waals surface area contributed by atoms with Crippen LogP contribution >= 0.6 is 11.6 Å². The molecule has 0 fully saturated rings. The molecule has 0 bridgehead atoms. The van der Waals surface area contributed by atoms with E-state index in [9.17, 15) is 9.59 Å². The molecule has 6 heteroatoms. The summed E-state index contributed by atoms with van der Waals surface area (Å²) in [6, 6.07) is 21.5. The first-order valence-electron chi connectivity index (χ1n) is 8.98. The summed E-state index contributed by atoms with van der Waals surface area (Å²) in [4.78, 5) is 24.1. The zero-order valence-corrected chi connectivity index (χ0v) is 16.1. The largest absolute Gasteiger partial charge is 0.343 e. The Morgan fingerprint density at radius 2 is 1.52 bits per heavy atom. The summed E-state index contributed by atoms with van der Waals surface area (Å²) in [5.41, 5.74) is 5.25. The van der Waals surface area contributed by atoms with Gasteiger partial charge in [0.25, 0.3) is 5.91 Å². The molecule has 1 heterocycles. The molecule has 0 atom stereocenters. The van der Waals surface area contributed by atoms with Crippen molar-refractivity contribution in [2.75, 3.05) is 0 Å². The van der Waals surface area contributed by atoms with E-state index in [1.54, 1.807) is 41.9 Å². The van der Waals surface area contributed by atoms with Crippen LogP contribution in [0.2, 0.25) is 5.02 Å². The fraction of sp³-hybridized carbons (Fsp3) is 0.0435. The summed E-state index contributed by atoms with van der Waals surface area (Å²) < 4.78 is 2.08. The minimum atomic E-state index is -0.541. The van der Waals surface area contributed by atoms with E-state index in [2.05, 4.69) is 4.57 Å². The maximum absolute atomic E-state index is 12.7. The van der Waals surface area contributed by atoms with E-state index in [0.29, 0.717) is 28.3 Å². The zero-order chi connectivity index (χ0) is 20.4. The predicted octanol–water partition coefficient (Wildman–Crippen LogP) is 4.69. The number of hydroxylamine groups is 1. The number of hydrogen-bond acceptors (Lipinski definition) is 3. The van der Waals surface area contributed by atoms with E-state index < -0.39 is 5.91 Å². The summed E-state index contributed by atoms with van der Waals surface area (Å²) >= 11 is 5.90. The van der Waals surface area contributed by atoms with Gasteiger partial charge in [0.2, 0.25) is 0 Å². The number of hydrogen-bond donors (Lipinski definition) is 2. The van der Waals surface area contributed by atoms with Gasteiger partial charge in [0.15, 0.2) is 5.78 Å². The highest BCUT2D eigenvalue weighted by Gasteiger charge is 2.11. The SMILES string of the molecule is O=C(NO)c1ccc(Cn2ccc3cc(C(=O)c4ccc(Cl)cc4)ccc32)cc1. The lowest BCUT2D eigenvalue weighted by atomic mass is 10.0. The lowest BCUT2D eigenvalue weighted by Crippen LogP contribution is -2.18. The number of rotatable bonds is 5. The standard InChI is InChI=1S/C23H17ClN2O3/c24-20-8-5-16(6-9-20)22(27)19-7-10-21-18(13-19)11-12-26(21)14-15-1-3-17(4-2-15)23(28)25-29/h1-13,29H,14H2,(H,25,28). The topological polar surface area (TPSA) is 71.3 Å². The first kappa shape index (κ1) is 18.9. The van der Waals surface area contributed by atoms with Gasteiger partial charge in [-0.15, -0.1) is 0 Å². The average Bonchev–Trinajstić information content (AvgIpc) is 3.15. The normalized spacial score (nSPS) is 10.8. The van der Waals surface area contributed by atoms with Gasteiger partial charge < -0.3 is 4.57 Å². The minimum Gasteiger partial charge on any atom is -0.343 e. The lowest BCUT2D eigenvalue weighted by molar-refractivity contribution is 0.0706. The molecule has 4 aromatic rings. The van der Waals surface area contributed by atoms with Crippen molar-refractivity contribution in [1.29, 1.82) is 0 Å². The Hall–Kier alpha value is -3.41. The third kappa shape index (κ3) is 3.92. The summed E-state index contributed by atoms with van der Waals surface area (Å²) in [6.07, 6.45) is 1.97. The van der Waals surface area contributed by atoms with Crippen molar-refractivity contribution in [2.24, 2.45) is 0 Å². The predicted molar refractivity (Wildman–Crippen MR) is 112 cm³/mol. The minimum absolute atomic E-state index is 0.0472. The average molecular weight is 405 g/mol. The van der Waals surface area contributed by atoms with Crippen molar-refractivity contribution < 1.29 is 14.8 Å². The van der Waals surface area contributed by atoms with Crippen LogP contribution in [0.1, 0.15) is 31.8 Å². The van der Waals surface area contributed by atoms with Crippen molar-refractivity contribution in [2.45, 2.75) is 6.54 Å². The van der Waals surface area contributed by atoms with E-state index in [0.717, 1.165) is 16.5 Å². The van der Waals surface area contributed by atoms with Crippen LogP contribution in [0.4, 0.5) is 0 Å². The Kier molecular flexibility index (Phi) is 5.16. The van der Waals surface area contributed by atoms with E-state index in [-0.39, 0.29) is 5.78 Å². The molecule has 1 aromatic heterocycles. The molecule has 0 unspecified atom stereocenters. The van der Waals surface area contributed by atoms with Crippen LogP contribution in [-0.4, -0.2) is 21.5 Å². The second-order valence-corrected chi connectivity index (χ2v) is 7.13. The highest BCUT2D eigenvalue weighted by atomic mass is 35.5. The number of carbonyl (C=O) groups excluding carboxylic acids is 2. The number of carbonyl (C=O) groups is 2. The molecule has 0 aliphatic heterocycles. The highest BCUT2D eigenvalue weighted by Crippen LogP contribution is 2.22. The van der Waals surface area contributed by atoms with E-state index in [1.807, 2.05) is 42.6 Å². The van der Waals surface area contributed by atoms with Crippen molar-refractivity contribution in [1.82, 2.24) is 10.0 Å². The first-order valence-corrected chi connectivity index (χ1v) is 9.35. The molecule has 2 N–H and O–H groups in total. The number of nitrogens with zero attached hydrogens (tertiary/aromatic N) is 1. The number of benzene rings is 3. The highest BCUT2D eigenvalue weighted by molar-refractivity contribution is 6.30. The van der Waals surface area contributed by atoms with Crippen LogP contribution in [0, 0.1) is 0 Å². The second-order valence-electron chi connectivity index (χ2n) is 6.69. The second kappa shape index (κ2) is 7.91. The van der Waals surface area contributed by atoms with Crippen LogP contribution in [0.25, 0.3) is 10.9 Å². The third-order valence-corrected chi connectivity index (χ3v) is 5.06. The smallest absolute Gasteiger partial charge is 0.274 e. The molecule has 0 aliphatic rings. The summed E-state index contributed by atoms with van der Waals surface area (Å²) in [6.45, 7) is 0.620. The van der Waals surface area contributed by atoms with Crippen LogP contribution < -0.4 is 5.48 Å². The van der Waals surface area contributed by atoms with Gasteiger partial charge in [0.05, 0.1) is 0 Å². The van der Waals surface area contributed by atoms with Crippen LogP contribution in [0.15, 0.2) is 79.0 Å². The van der Waals surface area contributed by atoms with E-state index >= 15 is 0 Å².